The summed E-state index contributed by atoms with van der Waals surface area (Å²) in [6.45, 7) is 1.60. The minimum atomic E-state index is 0.260. The second-order valence-electron chi connectivity index (χ2n) is 5.94. The van der Waals surface area contributed by atoms with E-state index in [1.54, 1.807) is 12.3 Å². The van der Waals surface area contributed by atoms with E-state index in [0.717, 1.165) is 38.2 Å². The van der Waals surface area contributed by atoms with Crippen molar-refractivity contribution in [2.45, 2.75) is 38.1 Å². The van der Waals surface area contributed by atoms with E-state index in [4.69, 9.17) is 5.26 Å². The van der Waals surface area contributed by atoms with Crippen LogP contribution < -0.4 is 5.32 Å². The third kappa shape index (κ3) is 3.15. The van der Waals surface area contributed by atoms with Crippen LogP contribution in [0.4, 0.5) is 5.82 Å². The first-order chi connectivity index (χ1) is 10.3. The Hall–Kier alpha value is -2.09. The summed E-state index contributed by atoms with van der Waals surface area (Å²) in [4.78, 5) is 18.6. The summed E-state index contributed by atoms with van der Waals surface area (Å²) in [6, 6.07) is 5.89. The van der Waals surface area contributed by atoms with E-state index < -0.39 is 0 Å². The molecule has 2 fully saturated rings. The Bertz CT molecular complexity index is 542. The predicted octanol–water partition coefficient (Wildman–Crippen LogP) is 2.16. The summed E-state index contributed by atoms with van der Waals surface area (Å²) in [5.74, 6) is 1.37. The number of hydrogen-bond donors (Lipinski definition) is 1. The Labute approximate surface area is 125 Å². The number of aromatic nitrogens is 1. The molecule has 1 saturated carbocycles. The van der Waals surface area contributed by atoms with Gasteiger partial charge in [-0.25, -0.2) is 4.98 Å². The second kappa shape index (κ2) is 6.13. The molecule has 0 radical (unpaired) electrons. The summed E-state index contributed by atoms with van der Waals surface area (Å²) in [6.07, 6.45) is 7.04. The van der Waals surface area contributed by atoms with Crippen LogP contribution in [0, 0.1) is 17.2 Å². The molecule has 2 heterocycles. The molecule has 5 heteroatoms. The number of likely N-dealkylation sites (tertiary alicyclic amines) is 1. The molecule has 1 aromatic heterocycles. The Morgan fingerprint density at radius 1 is 1.33 bits per heavy atom. The second-order valence-corrected chi connectivity index (χ2v) is 5.94. The Balaban J connectivity index is 1.54. The smallest absolute Gasteiger partial charge is 0.225 e. The lowest BCUT2D eigenvalue weighted by molar-refractivity contribution is -0.134. The molecule has 1 aliphatic heterocycles. The molecular weight excluding hydrogens is 264 g/mol. The summed E-state index contributed by atoms with van der Waals surface area (Å²) < 4.78 is 0. The van der Waals surface area contributed by atoms with Gasteiger partial charge in [-0.2, -0.15) is 5.26 Å². The molecule has 0 spiro atoms. The Morgan fingerprint density at radius 3 is 2.81 bits per heavy atom. The summed E-state index contributed by atoms with van der Waals surface area (Å²) >= 11 is 0. The Kier molecular flexibility index (Phi) is 4.05. The largest absolute Gasteiger partial charge is 0.365 e. The first-order valence-corrected chi connectivity index (χ1v) is 7.68. The fourth-order valence-corrected chi connectivity index (χ4v) is 3.26. The average molecular weight is 284 g/mol. The zero-order chi connectivity index (χ0) is 14.7. The summed E-state index contributed by atoms with van der Waals surface area (Å²) in [5.41, 5.74) is 0.560. The van der Waals surface area contributed by atoms with Gasteiger partial charge in [0.1, 0.15) is 11.9 Å². The number of rotatable bonds is 3. The molecule has 0 bridgehead atoms. The van der Waals surface area contributed by atoms with Crippen molar-refractivity contribution in [3.8, 4) is 6.07 Å². The molecule has 110 valence electrons. The van der Waals surface area contributed by atoms with E-state index in [2.05, 4.69) is 16.4 Å². The quantitative estimate of drug-likeness (QED) is 0.923. The monoisotopic (exact) mass is 284 g/mol. The zero-order valence-corrected chi connectivity index (χ0v) is 12.1. The summed E-state index contributed by atoms with van der Waals surface area (Å²) in [5, 5.41) is 12.1. The van der Waals surface area contributed by atoms with Gasteiger partial charge in [-0.3, -0.25) is 4.79 Å². The minimum Gasteiger partial charge on any atom is -0.365 e. The predicted molar refractivity (Wildman–Crippen MR) is 79.5 cm³/mol. The number of carbonyl (C=O) groups is 1. The molecule has 1 atom stereocenters. The topological polar surface area (TPSA) is 69.0 Å². The van der Waals surface area contributed by atoms with Crippen LogP contribution >= 0.6 is 0 Å². The first-order valence-electron chi connectivity index (χ1n) is 7.68. The van der Waals surface area contributed by atoms with Crippen LogP contribution in [0.5, 0.6) is 0 Å². The highest BCUT2D eigenvalue weighted by molar-refractivity contribution is 5.79. The van der Waals surface area contributed by atoms with E-state index in [1.807, 2.05) is 11.0 Å². The lowest BCUT2D eigenvalue weighted by Crippen LogP contribution is -2.35. The zero-order valence-electron chi connectivity index (χ0n) is 12.1. The van der Waals surface area contributed by atoms with Crippen molar-refractivity contribution in [1.29, 1.82) is 5.26 Å². The fraction of sp³-hybridized carbons (Fsp3) is 0.562. The average Bonchev–Trinajstić information content (AvgIpc) is 3.19. The molecule has 1 saturated heterocycles. The number of nitrogens with one attached hydrogen (secondary N) is 1. The van der Waals surface area contributed by atoms with Gasteiger partial charge in [0.15, 0.2) is 0 Å². The number of carbonyl (C=O) groups excluding carboxylic acids is 1. The van der Waals surface area contributed by atoms with E-state index in [1.165, 1.54) is 12.8 Å². The van der Waals surface area contributed by atoms with Gasteiger partial charge < -0.3 is 10.2 Å². The van der Waals surface area contributed by atoms with Crippen LogP contribution in [0.2, 0.25) is 0 Å². The number of amides is 1. The van der Waals surface area contributed by atoms with Gasteiger partial charge in [0, 0.05) is 31.2 Å². The van der Waals surface area contributed by atoms with Crippen molar-refractivity contribution in [3.63, 3.8) is 0 Å². The van der Waals surface area contributed by atoms with Gasteiger partial charge in [-0.1, -0.05) is 12.8 Å². The van der Waals surface area contributed by atoms with Gasteiger partial charge in [-0.15, -0.1) is 0 Å². The van der Waals surface area contributed by atoms with Crippen molar-refractivity contribution >= 4 is 11.7 Å². The molecule has 1 amide bonds. The van der Waals surface area contributed by atoms with Crippen LogP contribution in [-0.2, 0) is 4.79 Å². The lowest BCUT2D eigenvalue weighted by atomic mass is 10.1. The lowest BCUT2D eigenvalue weighted by Gasteiger charge is -2.20. The van der Waals surface area contributed by atoms with E-state index in [-0.39, 0.29) is 12.0 Å². The number of anilines is 1. The maximum absolute atomic E-state index is 12.4. The highest BCUT2D eigenvalue weighted by atomic mass is 16.2. The van der Waals surface area contributed by atoms with Crippen LogP contribution in [0.25, 0.3) is 0 Å². The van der Waals surface area contributed by atoms with E-state index in [9.17, 15) is 4.79 Å². The molecule has 1 aromatic rings. The van der Waals surface area contributed by atoms with E-state index >= 15 is 0 Å². The van der Waals surface area contributed by atoms with Gasteiger partial charge in [-0.05, 0) is 31.4 Å². The molecule has 3 rings (SSSR count). The van der Waals surface area contributed by atoms with Crippen molar-refractivity contribution in [3.05, 3.63) is 23.9 Å². The molecule has 2 aliphatic rings. The Morgan fingerprint density at radius 2 is 2.14 bits per heavy atom. The molecule has 5 nitrogen and oxygen atoms in total. The number of pyridine rings is 1. The molecule has 1 aliphatic carbocycles. The fourth-order valence-electron chi connectivity index (χ4n) is 3.26. The standard InChI is InChI=1S/C16H20N4O/c17-9-12-5-6-15(18-10-12)19-14-7-8-20(11-14)16(21)13-3-1-2-4-13/h5-6,10,13-14H,1-4,7-8,11H2,(H,18,19). The third-order valence-corrected chi connectivity index (χ3v) is 4.45. The molecule has 21 heavy (non-hydrogen) atoms. The van der Waals surface area contributed by atoms with Gasteiger partial charge >= 0.3 is 0 Å². The molecule has 0 aromatic carbocycles. The van der Waals surface area contributed by atoms with Crippen molar-refractivity contribution in [2.75, 3.05) is 18.4 Å². The van der Waals surface area contributed by atoms with Crippen LogP contribution in [0.3, 0.4) is 0 Å². The normalized spacial score (nSPS) is 22.2. The van der Waals surface area contributed by atoms with E-state index in [0.29, 0.717) is 11.5 Å². The summed E-state index contributed by atoms with van der Waals surface area (Å²) in [7, 11) is 0. The van der Waals surface area contributed by atoms with Gasteiger partial charge in [0.25, 0.3) is 0 Å². The number of hydrogen-bond acceptors (Lipinski definition) is 4. The van der Waals surface area contributed by atoms with Crippen molar-refractivity contribution in [1.82, 2.24) is 9.88 Å². The van der Waals surface area contributed by atoms with Crippen LogP contribution in [-0.4, -0.2) is 34.9 Å². The number of nitrogens with zero attached hydrogens (tertiary/aromatic N) is 3. The highest BCUT2D eigenvalue weighted by Crippen LogP contribution is 2.28. The molecule has 1 N–H and O–H groups in total. The maximum atomic E-state index is 12.4. The van der Waals surface area contributed by atoms with Crippen LogP contribution in [0.1, 0.15) is 37.7 Å². The SMILES string of the molecule is N#Cc1ccc(NC2CCN(C(=O)C3CCCC3)C2)nc1. The van der Waals surface area contributed by atoms with Crippen LogP contribution in [0.15, 0.2) is 18.3 Å². The van der Waals surface area contributed by atoms with Crippen molar-refractivity contribution in [2.24, 2.45) is 5.92 Å². The maximum Gasteiger partial charge on any atom is 0.225 e. The molecule has 1 unspecified atom stereocenters. The minimum absolute atomic E-state index is 0.260. The first kappa shape index (κ1) is 13.9. The highest BCUT2D eigenvalue weighted by Gasteiger charge is 2.32. The molecular formula is C16H20N4O. The van der Waals surface area contributed by atoms with Crippen molar-refractivity contribution < 1.29 is 4.79 Å². The number of nitriles is 1. The van der Waals surface area contributed by atoms with Gasteiger partial charge in [0.2, 0.25) is 5.91 Å². The van der Waals surface area contributed by atoms with Gasteiger partial charge in [0.05, 0.1) is 5.56 Å². The third-order valence-electron chi connectivity index (χ3n) is 4.45.